The highest BCUT2D eigenvalue weighted by atomic mass is 35.5. The van der Waals surface area contributed by atoms with E-state index in [4.69, 9.17) is 22.3 Å². The van der Waals surface area contributed by atoms with Gasteiger partial charge in [-0.1, -0.05) is 80.8 Å². The number of hydrogen-bond donors (Lipinski definition) is 1. The van der Waals surface area contributed by atoms with Gasteiger partial charge >= 0.3 is 0 Å². The molecule has 1 aromatic heterocycles. The van der Waals surface area contributed by atoms with Crippen LogP contribution in [0.15, 0.2) is 54.6 Å². The molecule has 5 nitrogen and oxygen atoms in total. The molecule has 2 N–H and O–H groups in total. The summed E-state index contributed by atoms with van der Waals surface area (Å²) in [5.74, 6) is 0.528. The van der Waals surface area contributed by atoms with Crippen molar-refractivity contribution in [2.24, 2.45) is 5.73 Å². The maximum Gasteiger partial charge on any atom is 0.248 e. The molecule has 3 rings (SSSR count). The molecule has 0 spiro atoms. The summed E-state index contributed by atoms with van der Waals surface area (Å²) in [6.45, 7) is 7.75. The molecule has 170 valence electrons. The van der Waals surface area contributed by atoms with E-state index < -0.39 is 5.91 Å². The lowest BCUT2D eigenvalue weighted by molar-refractivity contribution is 0.100. The average Bonchev–Trinajstić information content (AvgIpc) is 3.12. The van der Waals surface area contributed by atoms with E-state index >= 15 is 0 Å². The Labute approximate surface area is 196 Å². The topological polar surface area (TPSA) is 64.2 Å². The first-order valence-electron chi connectivity index (χ1n) is 11.4. The molecule has 0 saturated carbocycles. The molecular weight excluding hydrogens is 420 g/mol. The van der Waals surface area contributed by atoms with Gasteiger partial charge in [-0.3, -0.25) is 9.69 Å². The number of halogens is 1. The number of imidazole rings is 1. The van der Waals surface area contributed by atoms with Gasteiger partial charge in [0.1, 0.15) is 5.82 Å². The van der Waals surface area contributed by atoms with Crippen molar-refractivity contribution in [3.05, 3.63) is 76.6 Å². The van der Waals surface area contributed by atoms with Crippen molar-refractivity contribution < 1.29 is 4.79 Å². The fraction of sp³-hybridized carbons (Fsp3) is 0.385. The van der Waals surface area contributed by atoms with Gasteiger partial charge in [-0.2, -0.15) is 0 Å². The molecule has 0 aliphatic heterocycles. The number of primary amides is 1. The predicted molar refractivity (Wildman–Crippen MR) is 132 cm³/mol. The monoisotopic (exact) mass is 452 g/mol. The minimum absolute atomic E-state index is 0.403. The zero-order valence-electron chi connectivity index (χ0n) is 19.1. The van der Waals surface area contributed by atoms with Crippen molar-refractivity contribution in [1.29, 1.82) is 0 Å². The van der Waals surface area contributed by atoms with E-state index in [1.807, 2.05) is 30.3 Å². The molecule has 0 aliphatic rings. The molecule has 0 aliphatic carbocycles. The van der Waals surface area contributed by atoms with Crippen molar-refractivity contribution in [2.45, 2.75) is 59.2 Å². The maximum absolute atomic E-state index is 11.4. The lowest BCUT2D eigenvalue weighted by Gasteiger charge is -2.24. The van der Waals surface area contributed by atoms with E-state index in [0.717, 1.165) is 74.5 Å². The highest BCUT2D eigenvalue weighted by molar-refractivity contribution is 6.30. The zero-order chi connectivity index (χ0) is 22.9. The average molecular weight is 453 g/mol. The number of amides is 1. The third-order valence-electron chi connectivity index (χ3n) is 5.64. The van der Waals surface area contributed by atoms with Gasteiger partial charge in [-0.05, 0) is 37.1 Å². The Morgan fingerprint density at radius 3 is 2.31 bits per heavy atom. The summed E-state index contributed by atoms with van der Waals surface area (Å²) in [6.07, 6.45) is 4.40. The number of rotatable bonds is 12. The van der Waals surface area contributed by atoms with Crippen LogP contribution in [0.4, 0.5) is 0 Å². The highest BCUT2D eigenvalue weighted by Crippen LogP contribution is 2.28. The third-order valence-corrected chi connectivity index (χ3v) is 5.94. The van der Waals surface area contributed by atoms with Crippen LogP contribution in [-0.4, -0.2) is 26.9 Å². The Hall–Kier alpha value is -2.63. The van der Waals surface area contributed by atoms with Gasteiger partial charge in [0.2, 0.25) is 5.91 Å². The lowest BCUT2D eigenvalue weighted by Crippen LogP contribution is -2.26. The van der Waals surface area contributed by atoms with Crippen LogP contribution in [0.5, 0.6) is 0 Å². The number of benzene rings is 2. The maximum atomic E-state index is 11.4. The summed E-state index contributed by atoms with van der Waals surface area (Å²) < 4.78 is 2.29. The summed E-state index contributed by atoms with van der Waals surface area (Å²) in [5.41, 5.74) is 9.20. The molecule has 0 unspecified atom stereocenters. The van der Waals surface area contributed by atoms with E-state index in [0.29, 0.717) is 10.7 Å². The standard InChI is InChI=1S/C26H33ClN4O/c1-3-5-16-30(18-20-12-14-21(15-13-20)25(28)32)19-23-24(27)29-26(31(23)17-6-4-2)22-10-8-7-9-11-22/h7-15H,3-6,16-19H2,1-2H3,(H2,28,32). The molecule has 3 aromatic rings. The first kappa shape index (κ1) is 24.0. The van der Waals surface area contributed by atoms with Crippen LogP contribution >= 0.6 is 11.6 Å². The van der Waals surface area contributed by atoms with E-state index in [-0.39, 0.29) is 0 Å². The van der Waals surface area contributed by atoms with Crippen molar-refractivity contribution in [3.63, 3.8) is 0 Å². The van der Waals surface area contributed by atoms with Crippen molar-refractivity contribution >= 4 is 17.5 Å². The quantitative estimate of drug-likeness (QED) is 0.371. The van der Waals surface area contributed by atoms with E-state index in [1.54, 1.807) is 12.1 Å². The van der Waals surface area contributed by atoms with Crippen LogP contribution in [-0.2, 0) is 19.6 Å². The molecular formula is C26H33ClN4O. The van der Waals surface area contributed by atoms with Gasteiger partial charge in [-0.25, -0.2) is 4.98 Å². The van der Waals surface area contributed by atoms with Crippen LogP contribution in [0.2, 0.25) is 5.15 Å². The largest absolute Gasteiger partial charge is 0.366 e. The third kappa shape index (κ3) is 6.21. The minimum atomic E-state index is -0.403. The smallest absolute Gasteiger partial charge is 0.248 e. The van der Waals surface area contributed by atoms with Gasteiger partial charge in [0, 0.05) is 30.8 Å². The summed E-state index contributed by atoms with van der Waals surface area (Å²) in [4.78, 5) is 18.5. The summed E-state index contributed by atoms with van der Waals surface area (Å²) >= 11 is 6.71. The van der Waals surface area contributed by atoms with Gasteiger partial charge in [0.05, 0.1) is 5.69 Å². The molecule has 1 heterocycles. The second-order valence-corrected chi connectivity index (χ2v) is 8.53. The van der Waals surface area contributed by atoms with Crippen LogP contribution in [0, 0.1) is 0 Å². The molecule has 0 fully saturated rings. The number of nitrogens with zero attached hydrogens (tertiary/aromatic N) is 3. The Bertz CT molecular complexity index is 999. The molecule has 0 bridgehead atoms. The van der Waals surface area contributed by atoms with Crippen molar-refractivity contribution in [3.8, 4) is 11.4 Å². The summed E-state index contributed by atoms with van der Waals surface area (Å²) in [5, 5.41) is 0.575. The molecule has 32 heavy (non-hydrogen) atoms. The zero-order valence-corrected chi connectivity index (χ0v) is 19.8. The normalized spacial score (nSPS) is 11.2. The van der Waals surface area contributed by atoms with E-state index in [2.05, 4.69) is 35.4 Å². The van der Waals surface area contributed by atoms with Gasteiger partial charge in [0.15, 0.2) is 5.15 Å². The fourth-order valence-corrected chi connectivity index (χ4v) is 4.05. The van der Waals surface area contributed by atoms with Crippen LogP contribution < -0.4 is 5.73 Å². The minimum Gasteiger partial charge on any atom is -0.366 e. The highest BCUT2D eigenvalue weighted by Gasteiger charge is 2.19. The van der Waals surface area contributed by atoms with Gasteiger partial charge in [0.25, 0.3) is 0 Å². The number of hydrogen-bond acceptors (Lipinski definition) is 3. The van der Waals surface area contributed by atoms with Crippen molar-refractivity contribution in [1.82, 2.24) is 14.5 Å². The lowest BCUT2D eigenvalue weighted by atomic mass is 10.1. The van der Waals surface area contributed by atoms with E-state index in [1.165, 1.54) is 0 Å². The Morgan fingerprint density at radius 2 is 1.69 bits per heavy atom. The fourth-order valence-electron chi connectivity index (χ4n) is 3.81. The molecule has 0 atom stereocenters. The summed E-state index contributed by atoms with van der Waals surface area (Å²) in [6, 6.07) is 17.8. The Balaban J connectivity index is 1.89. The van der Waals surface area contributed by atoms with Crippen molar-refractivity contribution in [2.75, 3.05) is 6.54 Å². The molecule has 0 saturated heterocycles. The van der Waals surface area contributed by atoms with Gasteiger partial charge in [-0.15, -0.1) is 0 Å². The Morgan fingerprint density at radius 1 is 1.00 bits per heavy atom. The predicted octanol–water partition coefficient (Wildman–Crippen LogP) is 5.90. The number of aromatic nitrogens is 2. The number of nitrogens with two attached hydrogens (primary N) is 1. The summed E-state index contributed by atoms with van der Waals surface area (Å²) in [7, 11) is 0. The molecule has 6 heteroatoms. The molecule has 0 radical (unpaired) electrons. The van der Waals surface area contributed by atoms with Crippen LogP contribution in [0.1, 0.15) is 61.1 Å². The SMILES string of the molecule is CCCCN(Cc1ccc(C(N)=O)cc1)Cc1c(Cl)nc(-c2ccccc2)n1CCCC. The number of carbonyl (C=O) groups excluding carboxylic acids is 1. The van der Waals surface area contributed by atoms with Crippen LogP contribution in [0.3, 0.4) is 0 Å². The molecule has 2 aromatic carbocycles. The second-order valence-electron chi connectivity index (χ2n) is 8.17. The first-order chi connectivity index (χ1) is 15.5. The van der Waals surface area contributed by atoms with E-state index in [9.17, 15) is 4.79 Å². The molecule has 1 amide bonds. The van der Waals surface area contributed by atoms with Gasteiger partial charge < -0.3 is 10.3 Å². The second kappa shape index (κ2) is 11.8. The number of unbranched alkanes of at least 4 members (excludes halogenated alkanes) is 2. The first-order valence-corrected chi connectivity index (χ1v) is 11.8. The van der Waals surface area contributed by atoms with Crippen LogP contribution in [0.25, 0.3) is 11.4 Å². The Kier molecular flexibility index (Phi) is 8.89. The number of carbonyl (C=O) groups is 1.